The lowest BCUT2D eigenvalue weighted by Gasteiger charge is -2.05. The minimum atomic E-state index is -0.522. The quantitative estimate of drug-likeness (QED) is 0.770. The van der Waals surface area contributed by atoms with Gasteiger partial charge in [-0.15, -0.1) is 0 Å². The van der Waals surface area contributed by atoms with Crippen molar-refractivity contribution in [3.05, 3.63) is 46.2 Å². The van der Waals surface area contributed by atoms with E-state index in [0.717, 1.165) is 5.69 Å². The van der Waals surface area contributed by atoms with Gasteiger partial charge >= 0.3 is 0 Å². The Morgan fingerprint density at radius 2 is 2.25 bits per heavy atom. The molecular formula is C11H8FN3S. The summed E-state index contributed by atoms with van der Waals surface area (Å²) >= 11 is 5.10. The van der Waals surface area contributed by atoms with E-state index in [4.69, 9.17) is 17.5 Å². The van der Waals surface area contributed by atoms with Crippen LogP contribution in [-0.4, -0.2) is 9.55 Å². The number of nitrogens with zero attached hydrogens (tertiary/aromatic N) is 2. The van der Waals surface area contributed by atoms with Crippen molar-refractivity contribution in [3.8, 4) is 11.8 Å². The lowest BCUT2D eigenvalue weighted by Crippen LogP contribution is -1.98. The molecule has 80 valence electrons. The van der Waals surface area contributed by atoms with Crippen LogP contribution in [0.2, 0.25) is 0 Å². The van der Waals surface area contributed by atoms with Crippen molar-refractivity contribution in [2.45, 2.75) is 6.92 Å². The second-order valence-electron chi connectivity index (χ2n) is 3.35. The molecule has 0 amide bonds. The van der Waals surface area contributed by atoms with Crippen molar-refractivity contribution in [2.24, 2.45) is 0 Å². The molecule has 0 aliphatic carbocycles. The van der Waals surface area contributed by atoms with Crippen LogP contribution in [0.4, 0.5) is 4.39 Å². The minimum absolute atomic E-state index is 0.0139. The highest BCUT2D eigenvalue weighted by Gasteiger charge is 2.06. The van der Waals surface area contributed by atoms with E-state index in [2.05, 4.69) is 4.98 Å². The maximum Gasteiger partial charge on any atom is 0.182 e. The Morgan fingerprint density at radius 1 is 1.50 bits per heavy atom. The first-order valence-electron chi connectivity index (χ1n) is 4.60. The largest absolute Gasteiger partial charge is 0.337 e. The molecule has 0 spiro atoms. The number of aryl methyl sites for hydroxylation is 1. The van der Waals surface area contributed by atoms with Crippen molar-refractivity contribution in [1.82, 2.24) is 9.55 Å². The predicted molar refractivity (Wildman–Crippen MR) is 60.4 cm³/mol. The van der Waals surface area contributed by atoms with Gasteiger partial charge in [0.05, 0.1) is 5.56 Å². The molecule has 16 heavy (non-hydrogen) atoms. The molecule has 5 heteroatoms. The molecule has 0 aliphatic rings. The molecule has 2 aromatic rings. The van der Waals surface area contributed by atoms with Gasteiger partial charge in [0.1, 0.15) is 11.9 Å². The molecule has 0 fully saturated rings. The van der Waals surface area contributed by atoms with Crippen molar-refractivity contribution >= 4 is 12.2 Å². The van der Waals surface area contributed by atoms with Crippen molar-refractivity contribution in [2.75, 3.05) is 0 Å². The second kappa shape index (κ2) is 3.91. The first-order valence-corrected chi connectivity index (χ1v) is 5.01. The molecular weight excluding hydrogens is 225 g/mol. The first kappa shape index (κ1) is 10.6. The molecule has 0 saturated carbocycles. The lowest BCUT2D eigenvalue weighted by atomic mass is 10.2. The third kappa shape index (κ3) is 1.64. The Hall–Kier alpha value is -1.93. The number of imidazole rings is 1. The summed E-state index contributed by atoms with van der Waals surface area (Å²) in [5, 5.41) is 8.75. The summed E-state index contributed by atoms with van der Waals surface area (Å²) in [4.78, 5) is 2.89. The molecule has 0 atom stereocenters. The third-order valence-corrected chi connectivity index (χ3v) is 2.59. The van der Waals surface area contributed by atoms with Gasteiger partial charge in [-0.1, -0.05) is 0 Å². The number of aromatic nitrogens is 2. The van der Waals surface area contributed by atoms with Crippen molar-refractivity contribution in [1.29, 1.82) is 5.26 Å². The summed E-state index contributed by atoms with van der Waals surface area (Å²) < 4.78 is 15.4. The number of nitriles is 1. The van der Waals surface area contributed by atoms with Crippen LogP contribution in [0.25, 0.3) is 5.69 Å². The zero-order chi connectivity index (χ0) is 11.7. The van der Waals surface area contributed by atoms with E-state index in [1.54, 1.807) is 22.9 Å². The van der Waals surface area contributed by atoms with Gasteiger partial charge in [-0.25, -0.2) is 4.39 Å². The van der Waals surface area contributed by atoms with Gasteiger partial charge in [0.15, 0.2) is 4.77 Å². The van der Waals surface area contributed by atoms with Gasteiger partial charge in [0, 0.05) is 17.6 Å². The van der Waals surface area contributed by atoms with E-state index < -0.39 is 5.82 Å². The molecule has 2 rings (SSSR count). The van der Waals surface area contributed by atoms with Crippen LogP contribution in [0.1, 0.15) is 11.3 Å². The fourth-order valence-electron chi connectivity index (χ4n) is 1.51. The summed E-state index contributed by atoms with van der Waals surface area (Å²) in [6.07, 6.45) is 1.76. The van der Waals surface area contributed by atoms with Gasteiger partial charge in [0.25, 0.3) is 0 Å². The molecule has 0 bridgehead atoms. The van der Waals surface area contributed by atoms with Crippen LogP contribution < -0.4 is 0 Å². The maximum atomic E-state index is 13.1. The normalized spacial score (nSPS) is 10.1. The molecule has 1 aromatic heterocycles. The van der Waals surface area contributed by atoms with Crippen LogP contribution >= 0.6 is 12.2 Å². The van der Waals surface area contributed by atoms with Gasteiger partial charge in [-0.3, -0.25) is 4.57 Å². The minimum Gasteiger partial charge on any atom is -0.337 e. The van der Waals surface area contributed by atoms with Gasteiger partial charge in [-0.2, -0.15) is 5.26 Å². The predicted octanol–water partition coefficient (Wildman–Crippen LogP) is 2.85. The molecule has 0 saturated heterocycles. The Morgan fingerprint density at radius 3 is 2.81 bits per heavy atom. The fraction of sp³-hybridized carbons (Fsp3) is 0.0909. The highest BCUT2D eigenvalue weighted by atomic mass is 32.1. The molecule has 1 heterocycles. The molecule has 0 radical (unpaired) electrons. The Kier molecular flexibility index (Phi) is 2.59. The zero-order valence-electron chi connectivity index (χ0n) is 8.49. The summed E-state index contributed by atoms with van der Waals surface area (Å²) in [6.45, 7) is 1.88. The molecule has 0 aliphatic heterocycles. The Balaban J connectivity index is 2.67. The number of hydrogen-bond acceptors (Lipinski definition) is 2. The van der Waals surface area contributed by atoms with Gasteiger partial charge in [0.2, 0.25) is 0 Å². The van der Waals surface area contributed by atoms with Gasteiger partial charge in [-0.05, 0) is 37.3 Å². The number of aromatic amines is 1. The summed E-state index contributed by atoms with van der Waals surface area (Å²) in [5.74, 6) is -0.522. The lowest BCUT2D eigenvalue weighted by molar-refractivity contribution is 0.623. The number of nitrogens with one attached hydrogen (secondary N) is 1. The van der Waals surface area contributed by atoms with E-state index in [9.17, 15) is 4.39 Å². The maximum absolute atomic E-state index is 13.1. The molecule has 3 nitrogen and oxygen atoms in total. The van der Waals surface area contributed by atoms with E-state index in [1.807, 2.05) is 6.92 Å². The van der Waals surface area contributed by atoms with Gasteiger partial charge < -0.3 is 4.98 Å². The van der Waals surface area contributed by atoms with E-state index in [0.29, 0.717) is 10.5 Å². The van der Waals surface area contributed by atoms with Crippen LogP contribution in [-0.2, 0) is 0 Å². The monoisotopic (exact) mass is 233 g/mol. The van der Waals surface area contributed by atoms with Crippen molar-refractivity contribution < 1.29 is 4.39 Å². The fourth-order valence-corrected chi connectivity index (χ4v) is 1.82. The third-order valence-electron chi connectivity index (χ3n) is 2.29. The van der Waals surface area contributed by atoms with E-state index >= 15 is 0 Å². The number of benzene rings is 1. The smallest absolute Gasteiger partial charge is 0.182 e. The molecule has 1 aromatic carbocycles. The number of halogens is 1. The number of hydrogen-bond donors (Lipinski definition) is 1. The highest BCUT2D eigenvalue weighted by Crippen LogP contribution is 2.16. The topological polar surface area (TPSA) is 44.5 Å². The van der Waals surface area contributed by atoms with E-state index in [-0.39, 0.29) is 5.56 Å². The van der Waals surface area contributed by atoms with E-state index in [1.165, 1.54) is 12.1 Å². The van der Waals surface area contributed by atoms with Crippen LogP contribution in [0.15, 0.2) is 24.4 Å². The Bertz CT molecular complexity index is 633. The molecule has 1 N–H and O–H groups in total. The zero-order valence-corrected chi connectivity index (χ0v) is 9.31. The average Bonchev–Trinajstić information content (AvgIpc) is 2.60. The standard InChI is InChI=1S/C11H8FN3S/c1-7-6-14-11(16)15(7)9-2-3-10(12)8(4-9)5-13/h2-4,6H,1H3,(H,14,16). The van der Waals surface area contributed by atoms with Crippen LogP contribution in [0.5, 0.6) is 0 Å². The number of H-pyrrole nitrogens is 1. The highest BCUT2D eigenvalue weighted by molar-refractivity contribution is 7.71. The molecule has 0 unspecified atom stereocenters. The Labute approximate surface area is 96.8 Å². The summed E-state index contributed by atoms with van der Waals surface area (Å²) in [7, 11) is 0. The van der Waals surface area contributed by atoms with Crippen molar-refractivity contribution in [3.63, 3.8) is 0 Å². The first-order chi connectivity index (χ1) is 7.63. The number of rotatable bonds is 1. The summed E-state index contributed by atoms with van der Waals surface area (Å²) in [5.41, 5.74) is 1.60. The SMILES string of the molecule is Cc1c[nH]c(=S)n1-c1ccc(F)c(C#N)c1. The van der Waals surface area contributed by atoms with Crippen LogP contribution in [0.3, 0.4) is 0 Å². The van der Waals surface area contributed by atoms with Crippen LogP contribution in [0, 0.1) is 28.8 Å². The average molecular weight is 233 g/mol. The summed E-state index contributed by atoms with van der Waals surface area (Å²) in [6, 6.07) is 6.14. The second-order valence-corrected chi connectivity index (χ2v) is 3.73.